The first kappa shape index (κ1) is 13.8. The molecule has 0 saturated heterocycles. The SMILES string of the molecule is COCC(CN)NC(=O)C(C1CCC1)C1CCC1. The Bertz CT molecular complexity index is 261. The van der Waals surface area contributed by atoms with E-state index in [9.17, 15) is 4.79 Å². The average molecular weight is 254 g/mol. The van der Waals surface area contributed by atoms with Gasteiger partial charge in [0.2, 0.25) is 5.91 Å². The van der Waals surface area contributed by atoms with Crippen LogP contribution in [0.5, 0.6) is 0 Å². The maximum absolute atomic E-state index is 12.4. The van der Waals surface area contributed by atoms with Crippen molar-refractivity contribution in [2.75, 3.05) is 20.3 Å². The monoisotopic (exact) mass is 254 g/mol. The van der Waals surface area contributed by atoms with Gasteiger partial charge in [-0.15, -0.1) is 0 Å². The van der Waals surface area contributed by atoms with E-state index in [0.717, 1.165) is 0 Å². The van der Waals surface area contributed by atoms with E-state index < -0.39 is 0 Å². The molecule has 2 aliphatic carbocycles. The molecule has 0 bridgehead atoms. The van der Waals surface area contributed by atoms with Crippen molar-refractivity contribution >= 4 is 5.91 Å². The lowest BCUT2D eigenvalue weighted by atomic mass is 9.64. The second kappa shape index (κ2) is 6.53. The van der Waals surface area contributed by atoms with Gasteiger partial charge in [0.05, 0.1) is 12.6 Å². The zero-order valence-electron chi connectivity index (χ0n) is 11.4. The molecule has 4 nitrogen and oxygen atoms in total. The Kier molecular flexibility index (Phi) is 5.01. The Balaban J connectivity index is 1.89. The zero-order valence-corrected chi connectivity index (χ0v) is 11.4. The molecule has 0 aromatic carbocycles. The van der Waals surface area contributed by atoms with Crippen LogP contribution in [-0.4, -0.2) is 32.2 Å². The van der Waals surface area contributed by atoms with Crippen LogP contribution in [0.2, 0.25) is 0 Å². The van der Waals surface area contributed by atoms with Crippen molar-refractivity contribution in [1.82, 2.24) is 5.32 Å². The molecule has 18 heavy (non-hydrogen) atoms. The van der Waals surface area contributed by atoms with Crippen molar-refractivity contribution in [2.45, 2.75) is 44.6 Å². The van der Waals surface area contributed by atoms with Gasteiger partial charge in [-0.25, -0.2) is 0 Å². The summed E-state index contributed by atoms with van der Waals surface area (Å²) in [5.74, 6) is 1.70. The molecule has 0 spiro atoms. The third kappa shape index (κ3) is 3.04. The highest BCUT2D eigenvalue weighted by molar-refractivity contribution is 5.79. The van der Waals surface area contributed by atoms with Crippen LogP contribution in [0.25, 0.3) is 0 Å². The van der Waals surface area contributed by atoms with Gasteiger partial charge in [-0.2, -0.15) is 0 Å². The lowest BCUT2D eigenvalue weighted by Gasteiger charge is -2.42. The van der Waals surface area contributed by atoms with E-state index in [4.69, 9.17) is 10.5 Å². The molecule has 1 unspecified atom stereocenters. The van der Waals surface area contributed by atoms with Crippen molar-refractivity contribution in [2.24, 2.45) is 23.5 Å². The number of nitrogens with two attached hydrogens (primary N) is 1. The minimum atomic E-state index is -0.0369. The highest BCUT2D eigenvalue weighted by atomic mass is 16.5. The Hall–Kier alpha value is -0.610. The number of hydrogen-bond donors (Lipinski definition) is 2. The third-order valence-corrected chi connectivity index (χ3v) is 4.62. The molecular formula is C14H26N2O2. The Morgan fingerprint density at radius 3 is 2.17 bits per heavy atom. The summed E-state index contributed by atoms with van der Waals surface area (Å²) < 4.78 is 5.08. The van der Waals surface area contributed by atoms with E-state index in [-0.39, 0.29) is 17.9 Å². The molecule has 0 aromatic heterocycles. The predicted molar refractivity (Wildman–Crippen MR) is 71.0 cm³/mol. The van der Waals surface area contributed by atoms with Gasteiger partial charge in [-0.1, -0.05) is 12.8 Å². The summed E-state index contributed by atoms with van der Waals surface area (Å²) in [6.07, 6.45) is 7.50. The topological polar surface area (TPSA) is 64.3 Å². The highest BCUT2D eigenvalue weighted by Gasteiger charge is 2.40. The molecule has 0 radical (unpaired) electrons. The highest BCUT2D eigenvalue weighted by Crippen LogP contribution is 2.44. The van der Waals surface area contributed by atoms with E-state index in [0.29, 0.717) is 25.0 Å². The lowest BCUT2D eigenvalue weighted by Crippen LogP contribution is -2.50. The summed E-state index contributed by atoms with van der Waals surface area (Å²) in [5.41, 5.74) is 5.66. The molecular weight excluding hydrogens is 228 g/mol. The number of carbonyl (C=O) groups excluding carboxylic acids is 1. The van der Waals surface area contributed by atoms with Crippen LogP contribution in [0, 0.1) is 17.8 Å². The fourth-order valence-corrected chi connectivity index (χ4v) is 3.08. The van der Waals surface area contributed by atoms with Gasteiger partial charge in [-0.3, -0.25) is 4.79 Å². The van der Waals surface area contributed by atoms with Gasteiger partial charge in [0.25, 0.3) is 0 Å². The van der Waals surface area contributed by atoms with Gasteiger partial charge >= 0.3 is 0 Å². The van der Waals surface area contributed by atoms with Crippen molar-refractivity contribution in [3.05, 3.63) is 0 Å². The van der Waals surface area contributed by atoms with Crippen LogP contribution in [0.15, 0.2) is 0 Å². The van der Waals surface area contributed by atoms with Gasteiger partial charge in [-0.05, 0) is 37.5 Å². The Labute approximate surface area is 110 Å². The second-order valence-corrected chi connectivity index (χ2v) is 5.80. The largest absolute Gasteiger partial charge is 0.383 e. The van der Waals surface area contributed by atoms with Gasteiger partial charge in [0.1, 0.15) is 0 Å². The lowest BCUT2D eigenvalue weighted by molar-refractivity contribution is -0.132. The smallest absolute Gasteiger partial charge is 0.224 e. The number of methoxy groups -OCH3 is 1. The van der Waals surface area contributed by atoms with Crippen LogP contribution < -0.4 is 11.1 Å². The number of hydrogen-bond acceptors (Lipinski definition) is 3. The number of nitrogens with one attached hydrogen (secondary N) is 1. The summed E-state index contributed by atoms with van der Waals surface area (Å²) in [5, 5.41) is 3.08. The van der Waals surface area contributed by atoms with Crippen LogP contribution in [0.4, 0.5) is 0 Å². The second-order valence-electron chi connectivity index (χ2n) is 5.80. The number of amides is 1. The van der Waals surface area contributed by atoms with E-state index in [1.807, 2.05) is 0 Å². The summed E-state index contributed by atoms with van der Waals surface area (Å²) >= 11 is 0. The maximum atomic E-state index is 12.4. The third-order valence-electron chi connectivity index (χ3n) is 4.62. The van der Waals surface area contributed by atoms with E-state index in [2.05, 4.69) is 5.32 Å². The van der Waals surface area contributed by atoms with Gasteiger partial charge in [0, 0.05) is 19.6 Å². The molecule has 4 heteroatoms. The molecule has 104 valence electrons. The number of ether oxygens (including phenoxy) is 1. The predicted octanol–water partition coefficient (Wildman–Crippen LogP) is 1.29. The van der Waals surface area contributed by atoms with E-state index >= 15 is 0 Å². The first-order valence-corrected chi connectivity index (χ1v) is 7.25. The standard InChI is InChI=1S/C14H26N2O2/c1-18-9-12(8-15)16-14(17)13(10-4-2-5-10)11-6-3-7-11/h10-13H,2-9,15H2,1H3,(H,16,17). The molecule has 1 atom stereocenters. The Morgan fingerprint density at radius 2 is 1.83 bits per heavy atom. The molecule has 2 fully saturated rings. The van der Waals surface area contributed by atoms with Crippen molar-refractivity contribution < 1.29 is 9.53 Å². The maximum Gasteiger partial charge on any atom is 0.224 e. The molecule has 0 heterocycles. The molecule has 1 amide bonds. The fraction of sp³-hybridized carbons (Fsp3) is 0.929. The van der Waals surface area contributed by atoms with Crippen molar-refractivity contribution in [1.29, 1.82) is 0 Å². The van der Waals surface area contributed by atoms with Crippen LogP contribution in [-0.2, 0) is 9.53 Å². The number of carbonyl (C=O) groups is 1. The summed E-state index contributed by atoms with van der Waals surface area (Å²) in [6.45, 7) is 0.950. The summed E-state index contributed by atoms with van der Waals surface area (Å²) in [6, 6.07) is -0.0369. The minimum absolute atomic E-state index is 0.0369. The minimum Gasteiger partial charge on any atom is -0.383 e. The molecule has 3 N–H and O–H groups in total. The van der Waals surface area contributed by atoms with Crippen molar-refractivity contribution in [3.63, 3.8) is 0 Å². The quantitative estimate of drug-likeness (QED) is 0.719. The molecule has 2 saturated carbocycles. The molecule has 2 rings (SSSR count). The van der Waals surface area contributed by atoms with Crippen LogP contribution in [0.3, 0.4) is 0 Å². The first-order chi connectivity index (χ1) is 8.76. The zero-order chi connectivity index (χ0) is 13.0. The fourth-order valence-electron chi connectivity index (χ4n) is 3.08. The van der Waals surface area contributed by atoms with Crippen LogP contribution in [0.1, 0.15) is 38.5 Å². The van der Waals surface area contributed by atoms with Gasteiger partial charge in [0.15, 0.2) is 0 Å². The van der Waals surface area contributed by atoms with Gasteiger partial charge < -0.3 is 15.8 Å². The Morgan fingerprint density at radius 1 is 1.28 bits per heavy atom. The first-order valence-electron chi connectivity index (χ1n) is 7.25. The van der Waals surface area contributed by atoms with E-state index in [1.165, 1.54) is 38.5 Å². The molecule has 0 aromatic rings. The normalized spacial score (nSPS) is 22.4. The molecule has 0 aliphatic heterocycles. The number of rotatable bonds is 7. The van der Waals surface area contributed by atoms with E-state index in [1.54, 1.807) is 7.11 Å². The van der Waals surface area contributed by atoms with Crippen molar-refractivity contribution in [3.8, 4) is 0 Å². The summed E-state index contributed by atoms with van der Waals surface area (Å²) in [7, 11) is 1.64. The summed E-state index contributed by atoms with van der Waals surface area (Å²) in [4.78, 5) is 12.4. The molecule has 2 aliphatic rings. The van der Waals surface area contributed by atoms with Crippen LogP contribution >= 0.6 is 0 Å². The average Bonchev–Trinajstić information content (AvgIpc) is 2.22.